The lowest BCUT2D eigenvalue weighted by Gasteiger charge is -2.37. The molecule has 0 unspecified atom stereocenters. The van der Waals surface area contributed by atoms with Gasteiger partial charge < -0.3 is 14.2 Å². The van der Waals surface area contributed by atoms with Gasteiger partial charge in [0.1, 0.15) is 5.75 Å². The Hall–Kier alpha value is -3.13. The number of fused-ring (bicyclic) bond motifs is 3. The molecule has 0 aromatic heterocycles. The molecule has 3 aromatic rings. The van der Waals surface area contributed by atoms with Crippen molar-refractivity contribution in [3.05, 3.63) is 77.4 Å². The van der Waals surface area contributed by atoms with Crippen LogP contribution < -0.4 is 4.74 Å². The van der Waals surface area contributed by atoms with E-state index in [1.165, 1.54) is 33.4 Å². The molecule has 0 saturated carbocycles. The van der Waals surface area contributed by atoms with Crippen molar-refractivity contribution >= 4 is 0 Å². The Kier molecular flexibility index (Phi) is 6.17. The van der Waals surface area contributed by atoms with Crippen molar-refractivity contribution in [2.45, 2.75) is 26.2 Å². The maximum absolute atomic E-state index is 9.17. The molecule has 4 nitrogen and oxygen atoms in total. The monoisotopic (exact) mass is 439 g/mol. The predicted octanol–water partition coefficient (Wildman–Crippen LogP) is 6.01. The second-order valence-corrected chi connectivity index (χ2v) is 9.47. The molecule has 4 heteroatoms. The second kappa shape index (κ2) is 9.39. The van der Waals surface area contributed by atoms with Gasteiger partial charge in [-0.3, -0.25) is 0 Å². The number of rotatable bonds is 9. The average molecular weight is 440 g/mol. The van der Waals surface area contributed by atoms with E-state index < -0.39 is 0 Å². The Labute approximate surface area is 195 Å². The van der Waals surface area contributed by atoms with Crippen LogP contribution >= 0.6 is 0 Å². The minimum Gasteiger partial charge on any atom is -0.494 e. The smallest absolute Gasteiger partial charge is 0.119 e. The quantitative estimate of drug-likeness (QED) is 0.300. The van der Waals surface area contributed by atoms with Crippen molar-refractivity contribution in [3.63, 3.8) is 0 Å². The van der Waals surface area contributed by atoms with E-state index >= 15 is 0 Å². The van der Waals surface area contributed by atoms with Crippen molar-refractivity contribution in [1.82, 2.24) is 0 Å². The first-order valence-corrected chi connectivity index (χ1v) is 11.7. The second-order valence-electron chi connectivity index (χ2n) is 9.47. The molecular formula is C29H29NO3. The summed E-state index contributed by atoms with van der Waals surface area (Å²) >= 11 is 0. The van der Waals surface area contributed by atoms with Gasteiger partial charge in [-0.15, -0.1) is 0 Å². The maximum atomic E-state index is 9.17. The summed E-state index contributed by atoms with van der Waals surface area (Å²) in [6.45, 7) is 6.09. The molecule has 0 radical (unpaired) electrons. The summed E-state index contributed by atoms with van der Waals surface area (Å²) in [5, 5.41) is 9.17. The van der Waals surface area contributed by atoms with E-state index in [0.29, 0.717) is 6.61 Å². The van der Waals surface area contributed by atoms with Crippen LogP contribution in [0.2, 0.25) is 0 Å². The van der Waals surface area contributed by atoms with Crippen LogP contribution in [0.3, 0.4) is 0 Å². The van der Waals surface area contributed by atoms with Gasteiger partial charge in [-0.05, 0) is 76.9 Å². The third-order valence-electron chi connectivity index (χ3n) is 6.50. The molecule has 0 N–H and O–H groups in total. The summed E-state index contributed by atoms with van der Waals surface area (Å²) in [5.74, 6) is 0.899. The van der Waals surface area contributed by atoms with Crippen molar-refractivity contribution in [3.8, 4) is 34.1 Å². The fourth-order valence-corrected chi connectivity index (χ4v) is 4.55. The topological polar surface area (TPSA) is 51.5 Å². The minimum atomic E-state index is 0.224. The number of benzene rings is 3. The Morgan fingerprint density at radius 1 is 0.879 bits per heavy atom. The first-order chi connectivity index (χ1) is 16.1. The Morgan fingerprint density at radius 2 is 1.58 bits per heavy atom. The van der Waals surface area contributed by atoms with Gasteiger partial charge in [-0.2, -0.15) is 5.26 Å². The number of unbranched alkanes of at least 4 members (excludes halogenated alkanes) is 1. The van der Waals surface area contributed by atoms with Gasteiger partial charge in [-0.25, -0.2) is 0 Å². The zero-order valence-electron chi connectivity index (χ0n) is 19.1. The number of nitriles is 1. The van der Waals surface area contributed by atoms with Crippen LogP contribution in [0.5, 0.6) is 5.75 Å². The zero-order chi connectivity index (χ0) is 22.7. The van der Waals surface area contributed by atoms with Crippen molar-refractivity contribution < 1.29 is 14.2 Å². The molecule has 1 fully saturated rings. The molecule has 1 heterocycles. The number of hydrogen-bond acceptors (Lipinski definition) is 4. The molecule has 1 saturated heterocycles. The molecule has 0 spiro atoms. The van der Waals surface area contributed by atoms with Crippen LogP contribution in [0.4, 0.5) is 0 Å². The molecule has 0 atom stereocenters. The fourth-order valence-electron chi connectivity index (χ4n) is 4.55. The van der Waals surface area contributed by atoms with E-state index in [-0.39, 0.29) is 5.41 Å². The molecule has 2 aliphatic rings. The highest BCUT2D eigenvalue weighted by Crippen LogP contribution is 2.39. The Bertz CT molecular complexity index is 1170. The summed E-state index contributed by atoms with van der Waals surface area (Å²) in [7, 11) is 0. The third kappa shape index (κ3) is 4.80. The fraction of sp³-hybridized carbons (Fsp3) is 0.345. The van der Waals surface area contributed by atoms with E-state index in [2.05, 4.69) is 49.4 Å². The summed E-state index contributed by atoms with van der Waals surface area (Å²) in [6, 6.07) is 23.2. The van der Waals surface area contributed by atoms with Crippen LogP contribution in [0.1, 0.15) is 36.5 Å². The van der Waals surface area contributed by atoms with Crippen molar-refractivity contribution in [1.29, 1.82) is 5.26 Å². The van der Waals surface area contributed by atoms with E-state index in [9.17, 15) is 5.26 Å². The van der Waals surface area contributed by atoms with E-state index in [1.807, 2.05) is 24.3 Å². The molecule has 0 amide bonds. The summed E-state index contributed by atoms with van der Waals surface area (Å²) < 4.78 is 16.9. The van der Waals surface area contributed by atoms with Gasteiger partial charge >= 0.3 is 0 Å². The predicted molar refractivity (Wildman–Crippen MR) is 129 cm³/mol. The molecule has 168 valence electrons. The molecule has 1 aliphatic heterocycles. The summed E-state index contributed by atoms with van der Waals surface area (Å²) in [6.07, 6.45) is 2.86. The molecular weight excluding hydrogens is 410 g/mol. The summed E-state index contributed by atoms with van der Waals surface area (Å²) in [5.41, 5.74) is 8.41. The van der Waals surface area contributed by atoms with E-state index in [1.54, 1.807) is 0 Å². The van der Waals surface area contributed by atoms with E-state index in [4.69, 9.17) is 14.2 Å². The van der Waals surface area contributed by atoms with Crippen LogP contribution in [0.25, 0.3) is 22.3 Å². The number of nitrogens with zero attached hydrogens (tertiary/aromatic N) is 1. The minimum absolute atomic E-state index is 0.224. The first-order valence-electron chi connectivity index (χ1n) is 11.7. The van der Waals surface area contributed by atoms with Gasteiger partial charge in [0.2, 0.25) is 0 Å². The van der Waals surface area contributed by atoms with Gasteiger partial charge in [0.05, 0.1) is 38.1 Å². The van der Waals surface area contributed by atoms with E-state index in [0.717, 1.165) is 57.0 Å². The lowest BCUT2D eigenvalue weighted by atomic mass is 9.90. The highest BCUT2D eigenvalue weighted by Gasteiger charge is 2.33. The average Bonchev–Trinajstić information content (AvgIpc) is 3.19. The largest absolute Gasteiger partial charge is 0.494 e. The van der Waals surface area contributed by atoms with Crippen molar-refractivity contribution in [2.24, 2.45) is 5.41 Å². The first kappa shape index (κ1) is 21.7. The van der Waals surface area contributed by atoms with Crippen LogP contribution in [0.15, 0.2) is 60.7 Å². The third-order valence-corrected chi connectivity index (χ3v) is 6.50. The molecule has 5 rings (SSSR count). The number of hydrogen-bond donors (Lipinski definition) is 0. The highest BCUT2D eigenvalue weighted by molar-refractivity contribution is 5.80. The standard InChI is InChI=1S/C29H29NO3/c1-29(19-32-20-29)18-31-12-2-3-13-33-26-8-5-22(6-9-26)23-7-11-28-25(15-23)16-24-14-21(17-30)4-10-27(24)28/h4-11,14-15H,2-3,12-13,16,18-20H2,1H3. The van der Waals surface area contributed by atoms with Gasteiger partial charge in [0.15, 0.2) is 0 Å². The SMILES string of the molecule is CC1(COCCCCOc2ccc(-c3ccc4c(c3)Cc3cc(C#N)ccc3-4)cc2)COC1. The Morgan fingerprint density at radius 3 is 2.30 bits per heavy atom. The zero-order valence-corrected chi connectivity index (χ0v) is 19.1. The molecule has 3 aromatic carbocycles. The van der Waals surface area contributed by atoms with Crippen LogP contribution in [-0.4, -0.2) is 33.0 Å². The lowest BCUT2D eigenvalue weighted by Crippen LogP contribution is -2.43. The highest BCUT2D eigenvalue weighted by atomic mass is 16.5. The normalized spacial score (nSPS) is 15.3. The van der Waals surface area contributed by atoms with Gasteiger partial charge in [0.25, 0.3) is 0 Å². The Balaban J connectivity index is 1.11. The van der Waals surface area contributed by atoms with Gasteiger partial charge in [-0.1, -0.05) is 43.3 Å². The van der Waals surface area contributed by atoms with Gasteiger partial charge in [0, 0.05) is 12.0 Å². The molecule has 0 bridgehead atoms. The maximum Gasteiger partial charge on any atom is 0.119 e. The number of ether oxygens (including phenoxy) is 3. The van der Waals surface area contributed by atoms with Crippen molar-refractivity contribution in [2.75, 3.05) is 33.0 Å². The lowest BCUT2D eigenvalue weighted by molar-refractivity contribution is -0.138. The summed E-state index contributed by atoms with van der Waals surface area (Å²) in [4.78, 5) is 0. The van der Waals surface area contributed by atoms with Crippen LogP contribution in [-0.2, 0) is 15.9 Å². The molecule has 33 heavy (non-hydrogen) atoms. The van der Waals surface area contributed by atoms with Crippen LogP contribution in [0, 0.1) is 16.7 Å². The molecule has 1 aliphatic carbocycles.